The van der Waals surface area contributed by atoms with Crippen LogP contribution in [-0.2, 0) is 6.54 Å². The van der Waals surface area contributed by atoms with Crippen molar-refractivity contribution in [2.45, 2.75) is 20.4 Å². The van der Waals surface area contributed by atoms with Crippen LogP contribution < -0.4 is 14.3 Å². The number of carbonyl (C=O) groups excluding carboxylic acids is 1. The summed E-state index contributed by atoms with van der Waals surface area (Å²) in [6, 6.07) is 9.31. The molecule has 0 unspecified atom stereocenters. The largest absolute Gasteiger partial charge is 0.493 e. The molecule has 0 bridgehead atoms. The van der Waals surface area contributed by atoms with E-state index in [0.29, 0.717) is 28.4 Å². The summed E-state index contributed by atoms with van der Waals surface area (Å²) >= 11 is 1.45. The molecule has 0 fully saturated rings. The summed E-state index contributed by atoms with van der Waals surface area (Å²) in [6.45, 7) is 4.42. The Morgan fingerprint density at radius 2 is 2.04 bits per heavy atom. The van der Waals surface area contributed by atoms with Gasteiger partial charge in [-0.3, -0.25) is 4.79 Å². The van der Waals surface area contributed by atoms with E-state index in [2.05, 4.69) is 23.0 Å². The molecule has 1 heterocycles. The van der Waals surface area contributed by atoms with Crippen molar-refractivity contribution in [3.05, 3.63) is 51.8 Å². The topological polar surface area (TPSA) is 52.8 Å². The van der Waals surface area contributed by atoms with Crippen molar-refractivity contribution in [2.24, 2.45) is 4.99 Å². The second-order valence-corrected chi connectivity index (χ2v) is 7.04. The van der Waals surface area contributed by atoms with E-state index in [-0.39, 0.29) is 0 Å². The average Bonchev–Trinajstić information content (AvgIpc) is 2.99. The maximum absolute atomic E-state index is 12.9. The summed E-state index contributed by atoms with van der Waals surface area (Å²) in [7, 11) is 3.03. The zero-order chi connectivity index (χ0) is 19.6. The van der Waals surface area contributed by atoms with Gasteiger partial charge in [0.15, 0.2) is 16.3 Å². The number of amides is 1. The number of terminal acetylenes is 1. The lowest BCUT2D eigenvalue weighted by atomic mass is 10.1. The fourth-order valence-electron chi connectivity index (χ4n) is 3.04. The molecule has 1 aromatic heterocycles. The quantitative estimate of drug-likeness (QED) is 0.649. The number of rotatable bonds is 4. The van der Waals surface area contributed by atoms with Crippen LogP contribution in [0.3, 0.4) is 0 Å². The number of para-hydroxylation sites is 1. The van der Waals surface area contributed by atoms with E-state index in [0.717, 1.165) is 21.3 Å². The maximum atomic E-state index is 12.9. The molecule has 6 heteroatoms. The van der Waals surface area contributed by atoms with Crippen LogP contribution in [0.25, 0.3) is 10.2 Å². The van der Waals surface area contributed by atoms with Gasteiger partial charge in [0.1, 0.15) is 0 Å². The van der Waals surface area contributed by atoms with E-state index in [1.807, 2.05) is 18.4 Å². The molecule has 3 rings (SSSR count). The van der Waals surface area contributed by atoms with Gasteiger partial charge in [-0.1, -0.05) is 29.4 Å². The normalized spacial score (nSPS) is 11.4. The summed E-state index contributed by atoms with van der Waals surface area (Å²) in [5.74, 6) is 3.09. The number of aryl methyl sites for hydroxylation is 2. The van der Waals surface area contributed by atoms with E-state index in [4.69, 9.17) is 15.9 Å². The number of fused-ring (bicyclic) bond motifs is 1. The van der Waals surface area contributed by atoms with Crippen molar-refractivity contribution >= 4 is 27.5 Å². The van der Waals surface area contributed by atoms with Crippen LogP contribution >= 0.6 is 11.3 Å². The van der Waals surface area contributed by atoms with Crippen LogP contribution in [-0.4, -0.2) is 24.7 Å². The molecule has 2 aromatic carbocycles. The molecule has 0 aliphatic carbocycles. The van der Waals surface area contributed by atoms with Gasteiger partial charge in [-0.25, -0.2) is 0 Å². The lowest BCUT2D eigenvalue weighted by molar-refractivity contribution is 0.0994. The molecule has 0 radical (unpaired) electrons. The van der Waals surface area contributed by atoms with Crippen molar-refractivity contribution in [3.63, 3.8) is 0 Å². The molecule has 3 aromatic rings. The average molecular weight is 380 g/mol. The highest BCUT2D eigenvalue weighted by Crippen LogP contribution is 2.31. The highest BCUT2D eigenvalue weighted by atomic mass is 32.1. The maximum Gasteiger partial charge on any atom is 0.283 e. The van der Waals surface area contributed by atoms with Crippen LogP contribution in [0.4, 0.5) is 0 Å². The summed E-state index contributed by atoms with van der Waals surface area (Å²) < 4.78 is 13.6. The summed E-state index contributed by atoms with van der Waals surface area (Å²) in [6.07, 6.45) is 5.55. The number of nitrogens with zero attached hydrogens (tertiary/aromatic N) is 2. The summed E-state index contributed by atoms with van der Waals surface area (Å²) in [5, 5.41) is 0. The van der Waals surface area contributed by atoms with E-state index in [1.165, 1.54) is 25.6 Å². The van der Waals surface area contributed by atoms with E-state index in [1.54, 1.807) is 18.2 Å². The molecule has 0 aliphatic rings. The molecule has 0 aliphatic heterocycles. The van der Waals surface area contributed by atoms with Gasteiger partial charge in [0, 0.05) is 0 Å². The Labute approximate surface area is 161 Å². The fraction of sp³-hybridized carbons (Fsp3) is 0.238. The molecule has 138 valence electrons. The van der Waals surface area contributed by atoms with Gasteiger partial charge >= 0.3 is 0 Å². The second-order valence-electron chi connectivity index (χ2n) is 6.06. The van der Waals surface area contributed by atoms with Gasteiger partial charge in [0.05, 0.1) is 36.5 Å². The minimum Gasteiger partial charge on any atom is -0.493 e. The lowest BCUT2D eigenvalue weighted by Crippen LogP contribution is -2.16. The van der Waals surface area contributed by atoms with E-state index < -0.39 is 5.91 Å². The second kappa shape index (κ2) is 7.68. The Morgan fingerprint density at radius 3 is 2.70 bits per heavy atom. The molecular weight excluding hydrogens is 360 g/mol. The number of benzene rings is 2. The third-order valence-corrected chi connectivity index (χ3v) is 5.42. The first kappa shape index (κ1) is 18.7. The number of ether oxygens (including phenoxy) is 2. The molecule has 0 atom stereocenters. The van der Waals surface area contributed by atoms with E-state index in [9.17, 15) is 4.79 Å². The first-order valence-corrected chi connectivity index (χ1v) is 9.16. The summed E-state index contributed by atoms with van der Waals surface area (Å²) in [5.41, 5.74) is 3.60. The third kappa shape index (κ3) is 3.46. The van der Waals surface area contributed by atoms with Crippen LogP contribution in [0.2, 0.25) is 0 Å². The molecule has 5 nitrogen and oxygen atoms in total. The SMILES string of the molecule is C#CCn1c(=NC(=O)c2cccc(OC)c2OC)sc2c(C)cc(C)cc21. The number of hydrogen-bond donors (Lipinski definition) is 0. The van der Waals surface area contributed by atoms with Crippen LogP contribution in [0.5, 0.6) is 11.5 Å². The predicted octanol–water partition coefficient (Wildman–Crippen LogP) is 3.71. The monoisotopic (exact) mass is 380 g/mol. The number of aromatic nitrogens is 1. The van der Waals surface area contributed by atoms with Crippen molar-refractivity contribution in [1.82, 2.24) is 4.57 Å². The Balaban J connectivity index is 2.22. The Morgan fingerprint density at radius 1 is 1.26 bits per heavy atom. The van der Waals surface area contributed by atoms with Crippen molar-refractivity contribution in [3.8, 4) is 23.8 Å². The zero-order valence-corrected chi connectivity index (χ0v) is 16.5. The van der Waals surface area contributed by atoms with Crippen LogP contribution in [0, 0.1) is 26.2 Å². The van der Waals surface area contributed by atoms with Crippen LogP contribution in [0.15, 0.2) is 35.3 Å². The molecule has 1 amide bonds. The first-order chi connectivity index (χ1) is 13.0. The highest BCUT2D eigenvalue weighted by Gasteiger charge is 2.17. The number of thiazole rings is 1. The predicted molar refractivity (Wildman–Crippen MR) is 108 cm³/mol. The standard InChI is InChI=1S/C21H20N2O3S/c1-6-10-23-16-12-13(2)11-14(3)19(16)27-21(23)22-20(24)15-8-7-9-17(25-4)18(15)26-5/h1,7-9,11-12H,10H2,2-5H3. The number of carbonyl (C=O) groups is 1. The minimum absolute atomic E-state index is 0.338. The van der Waals surface area contributed by atoms with Gasteiger partial charge in [-0.15, -0.1) is 6.42 Å². The molecule has 27 heavy (non-hydrogen) atoms. The molecule has 0 N–H and O–H groups in total. The Hall–Kier alpha value is -3.04. The third-order valence-electron chi connectivity index (χ3n) is 4.19. The molecule has 0 saturated heterocycles. The van der Waals surface area contributed by atoms with Crippen LogP contribution in [0.1, 0.15) is 21.5 Å². The summed E-state index contributed by atoms with van der Waals surface area (Å²) in [4.78, 5) is 17.8. The highest BCUT2D eigenvalue weighted by molar-refractivity contribution is 7.16. The molecule has 0 spiro atoms. The van der Waals surface area contributed by atoms with Crippen molar-refractivity contribution in [2.75, 3.05) is 14.2 Å². The minimum atomic E-state index is -0.405. The smallest absolute Gasteiger partial charge is 0.283 e. The van der Waals surface area contributed by atoms with Gasteiger partial charge in [0.2, 0.25) is 0 Å². The van der Waals surface area contributed by atoms with Gasteiger partial charge < -0.3 is 14.0 Å². The number of hydrogen-bond acceptors (Lipinski definition) is 4. The van der Waals surface area contributed by atoms with Gasteiger partial charge in [-0.2, -0.15) is 4.99 Å². The lowest BCUT2D eigenvalue weighted by Gasteiger charge is -2.09. The van der Waals surface area contributed by atoms with E-state index >= 15 is 0 Å². The first-order valence-electron chi connectivity index (χ1n) is 8.34. The zero-order valence-electron chi connectivity index (χ0n) is 15.7. The Bertz CT molecular complexity index is 1130. The van der Waals surface area contributed by atoms with Crippen molar-refractivity contribution in [1.29, 1.82) is 0 Å². The number of methoxy groups -OCH3 is 2. The molecular formula is C21H20N2O3S. The van der Waals surface area contributed by atoms with Gasteiger partial charge in [0.25, 0.3) is 5.91 Å². The Kier molecular flexibility index (Phi) is 5.33. The van der Waals surface area contributed by atoms with Crippen molar-refractivity contribution < 1.29 is 14.3 Å². The van der Waals surface area contributed by atoms with Gasteiger partial charge in [-0.05, 0) is 43.2 Å². The fourth-order valence-corrected chi connectivity index (χ4v) is 4.12. The molecule has 0 saturated carbocycles.